The maximum absolute atomic E-state index is 11.9. The SMILES string of the molecule is CCCCN1CCO[C@@](CCCC)(CNc2ccc(S(N)(=O)=O)cc2[N+](=O)[O-])C1(CCCC)CCCC. The van der Waals surface area contributed by atoms with E-state index in [0.29, 0.717) is 13.2 Å². The van der Waals surface area contributed by atoms with Crippen molar-refractivity contribution in [3.05, 3.63) is 28.3 Å². The number of benzene rings is 1. The summed E-state index contributed by atoms with van der Waals surface area (Å²) in [5, 5.41) is 20.5. The molecule has 1 aliphatic rings. The Balaban J connectivity index is 2.58. The van der Waals surface area contributed by atoms with Gasteiger partial charge < -0.3 is 10.1 Å². The number of unbranched alkanes of at least 4 members (excludes halogenated alkanes) is 4. The van der Waals surface area contributed by atoms with Crippen molar-refractivity contribution in [3.8, 4) is 0 Å². The van der Waals surface area contributed by atoms with E-state index in [-0.39, 0.29) is 21.8 Å². The first-order valence-electron chi connectivity index (χ1n) is 14.0. The smallest absolute Gasteiger partial charge is 0.293 e. The molecule has 1 saturated heterocycles. The maximum Gasteiger partial charge on any atom is 0.293 e. The second-order valence-corrected chi connectivity index (χ2v) is 11.9. The normalized spacial score (nSPS) is 20.1. The van der Waals surface area contributed by atoms with Crippen LogP contribution in [0, 0.1) is 10.1 Å². The van der Waals surface area contributed by atoms with Crippen LogP contribution in [0.5, 0.6) is 0 Å². The zero-order chi connectivity index (χ0) is 27.5. The van der Waals surface area contributed by atoms with Crippen LogP contribution in [-0.2, 0) is 14.8 Å². The third kappa shape index (κ3) is 7.65. The first kappa shape index (κ1) is 31.5. The van der Waals surface area contributed by atoms with Crippen LogP contribution >= 0.6 is 0 Å². The molecule has 0 aliphatic carbocycles. The molecular formula is C27H48N4O5S. The number of primary sulfonamides is 1. The molecule has 0 unspecified atom stereocenters. The zero-order valence-corrected chi connectivity index (χ0v) is 24.1. The van der Waals surface area contributed by atoms with Gasteiger partial charge in [0.05, 0.1) is 22.0 Å². The van der Waals surface area contributed by atoms with Crippen molar-refractivity contribution in [3.63, 3.8) is 0 Å². The molecule has 212 valence electrons. The molecule has 0 spiro atoms. The van der Waals surface area contributed by atoms with E-state index in [1.165, 1.54) is 12.1 Å². The van der Waals surface area contributed by atoms with Crippen LogP contribution < -0.4 is 10.5 Å². The van der Waals surface area contributed by atoms with E-state index in [1.54, 1.807) is 0 Å². The highest BCUT2D eigenvalue weighted by molar-refractivity contribution is 7.89. The highest BCUT2D eigenvalue weighted by Crippen LogP contribution is 2.47. The molecule has 1 atom stereocenters. The number of ether oxygens (including phenoxy) is 1. The Bertz CT molecular complexity index is 964. The van der Waals surface area contributed by atoms with Crippen LogP contribution in [-0.4, -0.2) is 55.6 Å². The average molecular weight is 541 g/mol. The molecule has 1 aromatic carbocycles. The van der Waals surface area contributed by atoms with Gasteiger partial charge in [-0.15, -0.1) is 0 Å². The number of morpholine rings is 1. The summed E-state index contributed by atoms with van der Waals surface area (Å²) in [6.07, 6.45) is 11.5. The quantitative estimate of drug-likeness (QED) is 0.188. The van der Waals surface area contributed by atoms with Gasteiger partial charge in [-0.25, -0.2) is 13.6 Å². The van der Waals surface area contributed by atoms with Crippen molar-refractivity contribution in [2.24, 2.45) is 5.14 Å². The van der Waals surface area contributed by atoms with Crippen molar-refractivity contribution in [2.45, 2.75) is 114 Å². The van der Waals surface area contributed by atoms with Crippen molar-refractivity contribution in [2.75, 3.05) is 31.6 Å². The van der Waals surface area contributed by atoms with Gasteiger partial charge in [0.25, 0.3) is 5.69 Å². The largest absolute Gasteiger partial charge is 0.377 e. The predicted molar refractivity (Wildman–Crippen MR) is 149 cm³/mol. The molecule has 0 saturated carbocycles. The zero-order valence-electron chi connectivity index (χ0n) is 23.3. The highest BCUT2D eigenvalue weighted by atomic mass is 32.2. The molecule has 0 bridgehead atoms. The molecule has 0 amide bonds. The number of hydrogen-bond donors (Lipinski definition) is 2. The number of hydrogen-bond acceptors (Lipinski definition) is 7. The molecular weight excluding hydrogens is 492 g/mol. The Morgan fingerprint density at radius 1 is 1.03 bits per heavy atom. The van der Waals surface area contributed by atoms with Gasteiger partial charge in [0.1, 0.15) is 11.3 Å². The molecule has 1 fully saturated rings. The number of rotatable bonds is 17. The Morgan fingerprint density at radius 3 is 2.16 bits per heavy atom. The maximum atomic E-state index is 11.9. The number of sulfonamides is 1. The summed E-state index contributed by atoms with van der Waals surface area (Å²) in [7, 11) is -4.05. The van der Waals surface area contributed by atoms with Gasteiger partial charge in [-0.1, -0.05) is 72.6 Å². The van der Waals surface area contributed by atoms with Crippen LogP contribution in [0.3, 0.4) is 0 Å². The molecule has 1 aromatic rings. The van der Waals surface area contributed by atoms with E-state index in [2.05, 4.69) is 37.9 Å². The molecule has 0 aromatic heterocycles. The summed E-state index contributed by atoms with van der Waals surface area (Å²) in [4.78, 5) is 13.7. The number of nitrogens with zero attached hydrogens (tertiary/aromatic N) is 2. The third-order valence-corrected chi connectivity index (χ3v) is 8.77. The molecule has 1 aliphatic heterocycles. The first-order chi connectivity index (χ1) is 17.6. The second kappa shape index (κ2) is 14.4. The Morgan fingerprint density at radius 2 is 1.62 bits per heavy atom. The van der Waals surface area contributed by atoms with Gasteiger partial charge in [0.2, 0.25) is 10.0 Å². The molecule has 0 radical (unpaired) electrons. The molecule has 3 N–H and O–H groups in total. The average Bonchev–Trinajstić information content (AvgIpc) is 2.87. The fourth-order valence-corrected chi connectivity index (χ4v) is 6.33. The summed E-state index contributed by atoms with van der Waals surface area (Å²) in [6.45, 7) is 11.8. The van der Waals surface area contributed by atoms with Crippen LogP contribution in [0.15, 0.2) is 23.1 Å². The summed E-state index contributed by atoms with van der Waals surface area (Å²) >= 11 is 0. The van der Waals surface area contributed by atoms with Crippen LogP contribution in [0.4, 0.5) is 11.4 Å². The van der Waals surface area contributed by atoms with E-state index in [1.807, 2.05) is 0 Å². The standard InChI is InChI=1S/C27H48N4O5S/c1-5-9-15-26(16-10-6-2)27(17-11-7-3,36-20-19-30(26)18-12-8-4)22-29-24-14-13-23(37(28,34)35)21-25(24)31(32)33/h13-14,21,29H,5-12,15-20,22H2,1-4H3,(H2,28,34,35)/t27-/m0/s1. The van der Waals surface area contributed by atoms with Crippen molar-refractivity contribution in [1.82, 2.24) is 4.90 Å². The number of anilines is 1. The van der Waals surface area contributed by atoms with Gasteiger partial charge in [0.15, 0.2) is 0 Å². The van der Waals surface area contributed by atoms with Crippen molar-refractivity contribution < 1.29 is 18.1 Å². The third-order valence-electron chi connectivity index (χ3n) is 7.86. The van der Waals surface area contributed by atoms with Crippen molar-refractivity contribution >= 4 is 21.4 Å². The van der Waals surface area contributed by atoms with E-state index in [4.69, 9.17) is 9.88 Å². The lowest BCUT2D eigenvalue weighted by molar-refractivity contribution is -0.384. The van der Waals surface area contributed by atoms with Crippen LogP contribution in [0.2, 0.25) is 0 Å². The summed E-state index contributed by atoms with van der Waals surface area (Å²) in [5.41, 5.74) is -0.721. The van der Waals surface area contributed by atoms with Crippen LogP contribution in [0.25, 0.3) is 0 Å². The fraction of sp³-hybridized carbons (Fsp3) is 0.778. The minimum Gasteiger partial charge on any atom is -0.377 e. The summed E-state index contributed by atoms with van der Waals surface area (Å²) < 4.78 is 30.4. The molecule has 2 rings (SSSR count). The van der Waals surface area contributed by atoms with Crippen LogP contribution in [0.1, 0.15) is 98.3 Å². The predicted octanol–water partition coefficient (Wildman–Crippen LogP) is 5.83. The lowest BCUT2D eigenvalue weighted by atomic mass is 9.67. The Kier molecular flexibility index (Phi) is 12.3. The van der Waals surface area contributed by atoms with Gasteiger partial charge in [-0.2, -0.15) is 0 Å². The monoisotopic (exact) mass is 540 g/mol. The summed E-state index contributed by atoms with van der Waals surface area (Å²) in [5.74, 6) is 0. The van der Waals surface area contributed by atoms with Gasteiger partial charge >= 0.3 is 0 Å². The number of nitro benzene ring substituents is 1. The lowest BCUT2D eigenvalue weighted by Crippen LogP contribution is -2.71. The first-order valence-corrected chi connectivity index (χ1v) is 15.6. The molecule has 1 heterocycles. The van der Waals surface area contributed by atoms with Gasteiger partial charge in [-0.05, 0) is 44.4 Å². The van der Waals surface area contributed by atoms with E-state index in [9.17, 15) is 18.5 Å². The number of nitro groups is 1. The van der Waals surface area contributed by atoms with E-state index >= 15 is 0 Å². The fourth-order valence-electron chi connectivity index (χ4n) is 5.80. The van der Waals surface area contributed by atoms with E-state index in [0.717, 1.165) is 89.8 Å². The van der Waals surface area contributed by atoms with Crippen molar-refractivity contribution in [1.29, 1.82) is 0 Å². The minimum atomic E-state index is -4.05. The minimum absolute atomic E-state index is 0.177. The second-order valence-electron chi connectivity index (χ2n) is 10.4. The highest BCUT2D eigenvalue weighted by Gasteiger charge is 2.56. The number of nitrogens with two attached hydrogens (primary N) is 1. The molecule has 10 heteroatoms. The molecule has 37 heavy (non-hydrogen) atoms. The Hall–Kier alpha value is -1.75. The van der Waals surface area contributed by atoms with Gasteiger partial charge in [-0.3, -0.25) is 15.0 Å². The summed E-state index contributed by atoms with van der Waals surface area (Å²) in [6, 6.07) is 3.80. The number of nitrogens with one attached hydrogen (secondary N) is 1. The van der Waals surface area contributed by atoms with Gasteiger partial charge in [0, 0.05) is 19.2 Å². The molecule has 9 nitrogen and oxygen atoms in total. The van der Waals surface area contributed by atoms with E-state index < -0.39 is 20.5 Å². The topological polar surface area (TPSA) is 128 Å². The lowest BCUT2D eigenvalue weighted by Gasteiger charge is -2.60. The Labute approximate surface area is 223 Å².